The zero-order chi connectivity index (χ0) is 12.3. The number of rotatable bonds is 4. The number of thiazole rings is 1. The number of anilines is 1. The van der Waals surface area contributed by atoms with Crippen LogP contribution in [0, 0.1) is 0 Å². The number of hydrogen-bond acceptors (Lipinski definition) is 5. The molecule has 2 aromatic rings. The molecular weight excluding hydrogens is 238 g/mol. The molecule has 0 aromatic carbocycles. The molecule has 0 aliphatic rings. The summed E-state index contributed by atoms with van der Waals surface area (Å²) in [6, 6.07) is 3.79. The van der Waals surface area contributed by atoms with Crippen LogP contribution in [0.25, 0.3) is 0 Å². The minimum Gasteiger partial charge on any atom is -0.476 e. The molecule has 2 N–H and O–H groups in total. The highest BCUT2D eigenvalue weighted by Crippen LogP contribution is 2.25. The van der Waals surface area contributed by atoms with Crippen molar-refractivity contribution < 1.29 is 9.90 Å². The third-order valence-electron chi connectivity index (χ3n) is 2.32. The second-order valence-electron chi connectivity index (χ2n) is 3.48. The van der Waals surface area contributed by atoms with Crippen LogP contribution in [0.2, 0.25) is 0 Å². The van der Waals surface area contributed by atoms with E-state index in [0.29, 0.717) is 5.00 Å². The van der Waals surface area contributed by atoms with E-state index in [9.17, 15) is 4.79 Å². The van der Waals surface area contributed by atoms with E-state index >= 15 is 0 Å². The number of aromatic nitrogens is 2. The summed E-state index contributed by atoms with van der Waals surface area (Å²) in [6.07, 6.45) is 3.41. The topological polar surface area (TPSA) is 75.1 Å². The Morgan fingerprint density at radius 3 is 2.82 bits per heavy atom. The zero-order valence-electron chi connectivity index (χ0n) is 9.12. The molecule has 0 saturated heterocycles. The number of pyridine rings is 1. The van der Waals surface area contributed by atoms with Crippen molar-refractivity contribution >= 4 is 22.3 Å². The fraction of sp³-hybridized carbons (Fsp3) is 0.182. The summed E-state index contributed by atoms with van der Waals surface area (Å²) in [5.74, 6) is -1.02. The third kappa shape index (κ3) is 2.59. The SMILES string of the molecule is CC(Nc1scnc1C(=O)O)c1ccncc1. The number of carbonyl (C=O) groups is 1. The molecule has 2 aromatic heterocycles. The van der Waals surface area contributed by atoms with Crippen molar-refractivity contribution in [2.24, 2.45) is 0 Å². The predicted octanol–water partition coefficient (Wildman–Crippen LogP) is 2.41. The van der Waals surface area contributed by atoms with Gasteiger partial charge in [0.1, 0.15) is 5.00 Å². The number of carboxylic acids is 1. The number of hydrogen-bond donors (Lipinski definition) is 2. The Labute approximate surface area is 102 Å². The number of nitrogens with zero attached hydrogens (tertiary/aromatic N) is 2. The molecule has 0 aliphatic carbocycles. The van der Waals surface area contributed by atoms with E-state index in [-0.39, 0.29) is 11.7 Å². The first-order chi connectivity index (χ1) is 8.18. The first-order valence-electron chi connectivity index (χ1n) is 5.01. The van der Waals surface area contributed by atoms with Crippen LogP contribution in [0.3, 0.4) is 0 Å². The molecule has 0 saturated carbocycles. The van der Waals surface area contributed by atoms with Crippen LogP contribution < -0.4 is 5.32 Å². The molecule has 0 amide bonds. The smallest absolute Gasteiger partial charge is 0.357 e. The van der Waals surface area contributed by atoms with E-state index in [1.54, 1.807) is 12.4 Å². The van der Waals surface area contributed by atoms with Crippen molar-refractivity contribution in [3.8, 4) is 0 Å². The van der Waals surface area contributed by atoms with Crippen LogP contribution in [0.1, 0.15) is 29.0 Å². The van der Waals surface area contributed by atoms with Gasteiger partial charge in [-0.05, 0) is 24.6 Å². The molecule has 5 nitrogen and oxygen atoms in total. The molecule has 17 heavy (non-hydrogen) atoms. The van der Waals surface area contributed by atoms with E-state index in [2.05, 4.69) is 15.3 Å². The Kier molecular flexibility index (Phi) is 3.34. The van der Waals surface area contributed by atoms with Gasteiger partial charge in [0.25, 0.3) is 0 Å². The summed E-state index contributed by atoms with van der Waals surface area (Å²) in [4.78, 5) is 18.6. The van der Waals surface area contributed by atoms with Crippen molar-refractivity contribution in [1.29, 1.82) is 0 Å². The van der Waals surface area contributed by atoms with E-state index in [1.807, 2.05) is 19.1 Å². The fourth-order valence-corrected chi connectivity index (χ4v) is 2.19. The highest BCUT2D eigenvalue weighted by molar-refractivity contribution is 7.14. The van der Waals surface area contributed by atoms with E-state index in [0.717, 1.165) is 5.56 Å². The van der Waals surface area contributed by atoms with E-state index in [4.69, 9.17) is 5.11 Å². The summed E-state index contributed by atoms with van der Waals surface area (Å²) in [7, 11) is 0. The summed E-state index contributed by atoms with van der Waals surface area (Å²) in [5, 5.41) is 12.6. The summed E-state index contributed by atoms with van der Waals surface area (Å²) < 4.78 is 0. The summed E-state index contributed by atoms with van der Waals surface area (Å²) >= 11 is 1.28. The minimum absolute atomic E-state index is 0.0107. The van der Waals surface area contributed by atoms with Crippen LogP contribution in [0.5, 0.6) is 0 Å². The maximum atomic E-state index is 10.9. The quantitative estimate of drug-likeness (QED) is 0.870. The number of carboxylic acid groups (broad SMARTS) is 1. The molecule has 0 spiro atoms. The predicted molar refractivity (Wildman–Crippen MR) is 65.3 cm³/mol. The van der Waals surface area contributed by atoms with Crippen molar-refractivity contribution in [2.75, 3.05) is 5.32 Å². The lowest BCUT2D eigenvalue weighted by molar-refractivity contribution is 0.0692. The van der Waals surface area contributed by atoms with Gasteiger partial charge in [-0.25, -0.2) is 9.78 Å². The van der Waals surface area contributed by atoms with Crippen LogP contribution in [0.4, 0.5) is 5.00 Å². The second kappa shape index (κ2) is 4.92. The van der Waals surface area contributed by atoms with Gasteiger partial charge in [-0.1, -0.05) is 0 Å². The van der Waals surface area contributed by atoms with Gasteiger partial charge >= 0.3 is 5.97 Å². The molecule has 0 radical (unpaired) electrons. The Balaban J connectivity index is 2.16. The summed E-state index contributed by atoms with van der Waals surface area (Å²) in [5.41, 5.74) is 2.63. The fourth-order valence-electron chi connectivity index (χ4n) is 1.43. The van der Waals surface area contributed by atoms with Gasteiger partial charge in [0.2, 0.25) is 0 Å². The van der Waals surface area contributed by atoms with Gasteiger partial charge < -0.3 is 10.4 Å². The van der Waals surface area contributed by atoms with Crippen molar-refractivity contribution in [3.05, 3.63) is 41.3 Å². The standard InChI is InChI=1S/C11H11N3O2S/c1-7(8-2-4-12-5-3-8)14-10-9(11(15)16)13-6-17-10/h2-7,14H,1H3,(H,15,16). The molecule has 6 heteroatoms. The molecule has 88 valence electrons. The van der Waals surface area contributed by atoms with Gasteiger partial charge in [0.15, 0.2) is 5.69 Å². The lowest BCUT2D eigenvalue weighted by atomic mass is 10.1. The number of aromatic carboxylic acids is 1. The van der Waals surface area contributed by atoms with Crippen molar-refractivity contribution in [1.82, 2.24) is 9.97 Å². The second-order valence-corrected chi connectivity index (χ2v) is 4.34. The first kappa shape index (κ1) is 11.5. The number of nitrogens with one attached hydrogen (secondary N) is 1. The molecule has 1 unspecified atom stereocenters. The molecule has 0 aliphatic heterocycles. The van der Waals surface area contributed by atoms with Gasteiger partial charge in [-0.15, -0.1) is 11.3 Å². The van der Waals surface area contributed by atoms with Gasteiger partial charge in [-0.2, -0.15) is 0 Å². The third-order valence-corrected chi connectivity index (χ3v) is 3.08. The molecule has 0 bridgehead atoms. The normalized spacial score (nSPS) is 12.1. The average Bonchev–Trinajstić information content (AvgIpc) is 2.78. The first-order valence-corrected chi connectivity index (χ1v) is 5.89. The van der Waals surface area contributed by atoms with Gasteiger partial charge in [-0.3, -0.25) is 4.98 Å². The van der Waals surface area contributed by atoms with Crippen LogP contribution >= 0.6 is 11.3 Å². The van der Waals surface area contributed by atoms with Crippen LogP contribution in [-0.2, 0) is 0 Å². The van der Waals surface area contributed by atoms with Crippen LogP contribution in [-0.4, -0.2) is 21.0 Å². The maximum Gasteiger partial charge on any atom is 0.357 e. The minimum atomic E-state index is -1.02. The summed E-state index contributed by atoms with van der Waals surface area (Å²) in [6.45, 7) is 1.96. The highest BCUT2D eigenvalue weighted by Gasteiger charge is 2.15. The molecule has 0 fully saturated rings. The van der Waals surface area contributed by atoms with Gasteiger partial charge in [0, 0.05) is 18.4 Å². The van der Waals surface area contributed by atoms with Crippen LogP contribution in [0.15, 0.2) is 30.0 Å². The lowest BCUT2D eigenvalue weighted by Gasteiger charge is -2.13. The Hall–Kier alpha value is -1.95. The molecule has 2 heterocycles. The molecule has 1 atom stereocenters. The Morgan fingerprint density at radius 2 is 2.18 bits per heavy atom. The molecule has 2 rings (SSSR count). The Morgan fingerprint density at radius 1 is 1.47 bits per heavy atom. The van der Waals surface area contributed by atoms with E-state index in [1.165, 1.54) is 16.8 Å². The lowest BCUT2D eigenvalue weighted by Crippen LogP contribution is -2.09. The van der Waals surface area contributed by atoms with Crippen molar-refractivity contribution in [3.63, 3.8) is 0 Å². The Bertz CT molecular complexity index is 512. The zero-order valence-corrected chi connectivity index (χ0v) is 9.94. The molecular formula is C11H11N3O2S. The average molecular weight is 249 g/mol. The van der Waals surface area contributed by atoms with Crippen molar-refractivity contribution in [2.45, 2.75) is 13.0 Å². The monoisotopic (exact) mass is 249 g/mol. The maximum absolute atomic E-state index is 10.9. The largest absolute Gasteiger partial charge is 0.476 e. The van der Waals surface area contributed by atoms with Gasteiger partial charge in [0.05, 0.1) is 5.51 Å². The highest BCUT2D eigenvalue weighted by atomic mass is 32.1. The van der Waals surface area contributed by atoms with E-state index < -0.39 is 5.97 Å².